The van der Waals surface area contributed by atoms with Gasteiger partial charge in [0.1, 0.15) is 0 Å². The van der Waals surface area contributed by atoms with Gasteiger partial charge in [0.05, 0.1) is 44.3 Å². The number of hydrogen-bond donors (Lipinski definition) is 0. The molecule has 0 aliphatic rings. The molecular weight excluding hydrogens is 499 g/mol. The van der Waals surface area contributed by atoms with Crippen molar-refractivity contribution in [3.63, 3.8) is 0 Å². The minimum atomic E-state index is -0.583. The summed E-state index contributed by atoms with van der Waals surface area (Å²) in [6.07, 6.45) is 2.33. The van der Waals surface area contributed by atoms with Crippen LogP contribution in [0.2, 0.25) is 0 Å². The first-order valence-corrected chi connectivity index (χ1v) is 14.0. The van der Waals surface area contributed by atoms with Gasteiger partial charge < -0.3 is 9.90 Å². The van der Waals surface area contributed by atoms with Crippen LogP contribution in [-0.2, 0) is 36.6 Å². The van der Waals surface area contributed by atoms with Gasteiger partial charge in [-0.05, 0) is 95.2 Å². The van der Waals surface area contributed by atoms with Crippen LogP contribution in [0.1, 0.15) is 94.5 Å². The van der Waals surface area contributed by atoms with Gasteiger partial charge in [0.25, 0.3) is 0 Å². The van der Waals surface area contributed by atoms with Crippen LogP contribution in [0.15, 0.2) is 18.2 Å². The largest absolute Gasteiger partial charge is 0.554 e. The van der Waals surface area contributed by atoms with Gasteiger partial charge in [0.15, 0.2) is 0 Å². The molecule has 1 aromatic heterocycles. The summed E-state index contributed by atoms with van der Waals surface area (Å²) in [4.78, 5) is 13.4. The second-order valence-electron chi connectivity index (χ2n) is 12.0. The predicted octanol–water partition coefficient (Wildman–Crippen LogP) is 6.07. The number of aromatic nitrogens is 1. The van der Waals surface area contributed by atoms with Crippen molar-refractivity contribution in [1.82, 2.24) is 4.98 Å². The first kappa shape index (κ1) is 32.3. The van der Waals surface area contributed by atoms with Gasteiger partial charge in [0, 0.05) is 41.8 Å². The molecule has 0 amide bonds. The molecule has 0 unspecified atom stereocenters. The van der Waals surface area contributed by atoms with Crippen LogP contribution >= 0.6 is 15.8 Å². The molecule has 0 saturated carbocycles. The Balaban J connectivity index is 0. The van der Waals surface area contributed by atoms with E-state index in [1.165, 1.54) is 23.7 Å². The molecule has 30 heavy (non-hydrogen) atoms. The SMILES string of the molecule is CC(C)(C)[PH+](Cc1cccc(C[PH+](C(C)(C)C)C(C)(C)C)n1)C(C)(C)C.O=C[O-].[Rh]. The molecule has 177 valence electrons. The summed E-state index contributed by atoms with van der Waals surface area (Å²) in [5.41, 5.74) is 2.62. The molecule has 0 aliphatic heterocycles. The van der Waals surface area contributed by atoms with Gasteiger partial charge in [-0.1, -0.05) is 6.07 Å². The predicted molar refractivity (Wildman–Crippen MR) is 133 cm³/mol. The molecule has 3 nitrogen and oxygen atoms in total. The average Bonchev–Trinajstić information content (AvgIpc) is 2.47. The van der Waals surface area contributed by atoms with Crippen molar-refractivity contribution in [2.75, 3.05) is 0 Å². The summed E-state index contributed by atoms with van der Waals surface area (Å²) in [5, 5.41) is 9.78. The minimum absolute atomic E-state index is 0. The van der Waals surface area contributed by atoms with Crippen molar-refractivity contribution in [3.8, 4) is 0 Å². The van der Waals surface area contributed by atoms with Crippen molar-refractivity contribution >= 4 is 22.3 Å². The van der Waals surface area contributed by atoms with Gasteiger partial charge in [-0.3, -0.25) is 4.98 Å². The third-order valence-electron chi connectivity index (χ3n) is 5.20. The molecule has 0 N–H and O–H groups in total. The van der Waals surface area contributed by atoms with Gasteiger partial charge in [-0.2, -0.15) is 0 Å². The van der Waals surface area contributed by atoms with E-state index in [1.807, 2.05) is 0 Å². The second-order valence-corrected chi connectivity index (χ2v) is 20.6. The van der Waals surface area contributed by atoms with Gasteiger partial charge in [-0.25, -0.2) is 0 Å². The Hall–Kier alpha value is 0.103. The van der Waals surface area contributed by atoms with Crippen LogP contribution in [0.5, 0.6) is 0 Å². The van der Waals surface area contributed by atoms with Crippen LogP contribution in [0.4, 0.5) is 0 Å². The van der Waals surface area contributed by atoms with Crippen molar-refractivity contribution in [2.24, 2.45) is 0 Å². The minimum Gasteiger partial charge on any atom is -0.554 e. The summed E-state index contributed by atoms with van der Waals surface area (Å²) in [6.45, 7) is 28.5. The van der Waals surface area contributed by atoms with E-state index >= 15 is 0 Å². The molecule has 0 atom stereocenters. The fraction of sp³-hybridized carbons (Fsp3) is 0.750. The average molecular weight is 545 g/mol. The van der Waals surface area contributed by atoms with E-state index < -0.39 is 22.3 Å². The molecule has 0 spiro atoms. The molecule has 0 fully saturated rings. The normalized spacial score (nSPS) is 12.9. The van der Waals surface area contributed by atoms with Gasteiger partial charge >= 0.3 is 0 Å². The zero-order valence-corrected chi connectivity index (χ0v) is 25.0. The second kappa shape index (κ2) is 12.4. The van der Waals surface area contributed by atoms with E-state index in [0.29, 0.717) is 20.6 Å². The summed E-state index contributed by atoms with van der Waals surface area (Å²) < 4.78 is 0. The van der Waals surface area contributed by atoms with E-state index in [9.17, 15) is 0 Å². The quantitative estimate of drug-likeness (QED) is 0.262. The maximum Gasteiger partial charge on any atom is 0.1000 e. The van der Waals surface area contributed by atoms with Crippen molar-refractivity contribution in [3.05, 3.63) is 29.6 Å². The number of carbonyl (C=O) groups excluding carboxylic acids is 1. The maximum atomic E-state index is 8.25. The Morgan fingerprint density at radius 3 is 1.17 bits per heavy atom. The molecular formula is C24H46NO2P2Rh+. The van der Waals surface area contributed by atoms with Crippen molar-refractivity contribution < 1.29 is 29.4 Å². The van der Waals surface area contributed by atoms with Gasteiger partial charge in [-0.15, -0.1) is 0 Å². The summed E-state index contributed by atoms with van der Waals surface area (Å²) in [5.74, 6) is 0. The van der Waals surface area contributed by atoms with Gasteiger partial charge in [0.2, 0.25) is 0 Å². The Bertz CT molecular complexity index is 561. The number of rotatable bonds is 4. The third-order valence-corrected chi connectivity index (χ3v) is 13.9. The Kier molecular flexibility index (Phi) is 13.3. The van der Waals surface area contributed by atoms with Crippen molar-refractivity contribution in [2.45, 2.75) is 116 Å². The maximum absolute atomic E-state index is 8.25. The Morgan fingerprint density at radius 2 is 0.967 bits per heavy atom. The molecule has 1 aromatic rings. The zero-order chi connectivity index (χ0) is 23.3. The zero-order valence-electron chi connectivity index (χ0n) is 21.3. The molecule has 1 rings (SSSR count). The first-order valence-electron chi connectivity index (χ1n) is 10.6. The van der Waals surface area contributed by atoms with Crippen LogP contribution in [-0.4, -0.2) is 32.1 Å². The van der Waals surface area contributed by atoms with E-state index in [0.717, 1.165) is 0 Å². The van der Waals surface area contributed by atoms with Crippen LogP contribution in [0.3, 0.4) is 0 Å². The molecule has 0 bridgehead atoms. The fourth-order valence-corrected chi connectivity index (χ4v) is 12.1. The topological polar surface area (TPSA) is 53.0 Å². The summed E-state index contributed by atoms with van der Waals surface area (Å²) in [7, 11) is -1.17. The Labute approximate surface area is 201 Å². The first-order chi connectivity index (χ1) is 12.8. The number of carboxylic acid groups (broad SMARTS) is 1. The fourth-order valence-electron chi connectivity index (χ4n) is 4.40. The summed E-state index contributed by atoms with van der Waals surface area (Å²) >= 11 is 0. The standard InChI is InChI=1S/C23H43NP2.CH2O2.Rh/c1-20(2,3)25(21(4,5)6)16-18-14-13-15-19(24-18)17-26(22(7,8)9)23(10,11)12;2-1-3;/h13-15H,16-17H2,1-12H3;1H,(H,2,3);/p+1. The molecule has 0 aromatic carbocycles. The monoisotopic (exact) mass is 545 g/mol. The van der Waals surface area contributed by atoms with Crippen LogP contribution in [0, 0.1) is 0 Å². The molecule has 0 aliphatic carbocycles. The van der Waals surface area contributed by atoms with Crippen LogP contribution < -0.4 is 5.11 Å². The van der Waals surface area contributed by atoms with Crippen LogP contribution in [0.25, 0.3) is 0 Å². The molecule has 1 heterocycles. The van der Waals surface area contributed by atoms with E-state index in [-0.39, 0.29) is 19.5 Å². The number of hydrogen-bond acceptors (Lipinski definition) is 3. The van der Waals surface area contributed by atoms with E-state index in [2.05, 4.69) is 101 Å². The summed E-state index contributed by atoms with van der Waals surface area (Å²) in [6, 6.07) is 6.76. The van der Waals surface area contributed by atoms with E-state index in [4.69, 9.17) is 14.9 Å². The smallest absolute Gasteiger partial charge is 0.1000 e. The third kappa shape index (κ3) is 11.6. The molecule has 6 heteroatoms. The molecule has 1 radical (unpaired) electrons. The number of nitrogens with zero attached hydrogens (tertiary/aromatic N) is 1. The number of pyridine rings is 1. The number of carbonyl (C=O) groups is 1. The Morgan fingerprint density at radius 1 is 0.733 bits per heavy atom. The molecule has 0 saturated heterocycles. The van der Waals surface area contributed by atoms with Crippen molar-refractivity contribution in [1.29, 1.82) is 0 Å². The van der Waals surface area contributed by atoms with E-state index in [1.54, 1.807) is 0 Å².